The van der Waals surface area contributed by atoms with Crippen molar-refractivity contribution in [3.8, 4) is 0 Å². The third kappa shape index (κ3) is 7.14. The molecule has 0 amide bonds. The predicted molar refractivity (Wildman–Crippen MR) is 155 cm³/mol. The summed E-state index contributed by atoms with van der Waals surface area (Å²) < 4.78 is 5.11. The minimum Gasteiger partial charge on any atom is -0.466 e. The van der Waals surface area contributed by atoms with Crippen LogP contribution >= 0.6 is 0 Å². The molecule has 1 saturated heterocycles. The lowest BCUT2D eigenvalue weighted by molar-refractivity contribution is -0.141. The highest BCUT2D eigenvalue weighted by atomic mass is 16.5. The number of benzene rings is 2. The molecule has 1 fully saturated rings. The number of rotatable bonds is 11. The number of likely N-dealkylation sites (tertiary alicyclic amines) is 1. The highest BCUT2D eigenvalue weighted by Gasteiger charge is 2.41. The molecule has 0 radical (unpaired) electrons. The number of allylic oxidation sites excluding steroid dienone is 4. The van der Waals surface area contributed by atoms with Crippen LogP contribution in [0.3, 0.4) is 0 Å². The van der Waals surface area contributed by atoms with Gasteiger partial charge in [0.2, 0.25) is 0 Å². The second kappa shape index (κ2) is 12.9. The van der Waals surface area contributed by atoms with Gasteiger partial charge in [-0.05, 0) is 73.7 Å². The largest absolute Gasteiger partial charge is 0.466 e. The average Bonchev–Trinajstić information content (AvgIpc) is 2.94. The summed E-state index contributed by atoms with van der Waals surface area (Å²) in [6.07, 6.45) is 10.1. The first-order valence-corrected chi connectivity index (χ1v) is 14.3. The van der Waals surface area contributed by atoms with E-state index in [1.165, 1.54) is 6.92 Å². The van der Waals surface area contributed by atoms with Gasteiger partial charge in [0.1, 0.15) is 5.60 Å². The first kappa shape index (κ1) is 29.0. The zero-order valence-corrected chi connectivity index (χ0v) is 23.6. The Morgan fingerprint density at radius 3 is 2.13 bits per heavy atom. The van der Waals surface area contributed by atoms with Crippen LogP contribution in [0.2, 0.25) is 0 Å². The maximum absolute atomic E-state index is 13.0. The molecule has 0 bridgehead atoms. The van der Waals surface area contributed by atoms with Crippen molar-refractivity contribution in [1.29, 1.82) is 0 Å². The summed E-state index contributed by atoms with van der Waals surface area (Å²) in [7, 11) is 0. The van der Waals surface area contributed by atoms with Crippen LogP contribution < -0.4 is 0 Å². The molecule has 0 saturated carbocycles. The summed E-state index contributed by atoms with van der Waals surface area (Å²) in [4.78, 5) is 26.5. The van der Waals surface area contributed by atoms with Gasteiger partial charge in [-0.2, -0.15) is 0 Å². The van der Waals surface area contributed by atoms with Gasteiger partial charge in [-0.25, -0.2) is 0 Å². The molecule has 39 heavy (non-hydrogen) atoms. The third-order valence-corrected chi connectivity index (χ3v) is 8.53. The van der Waals surface area contributed by atoms with E-state index in [0.717, 1.165) is 62.0 Å². The zero-order chi connectivity index (χ0) is 27.9. The van der Waals surface area contributed by atoms with Gasteiger partial charge in [0.05, 0.1) is 6.61 Å². The van der Waals surface area contributed by atoms with Crippen molar-refractivity contribution in [3.63, 3.8) is 0 Å². The van der Waals surface area contributed by atoms with Gasteiger partial charge in [0.15, 0.2) is 5.78 Å². The Morgan fingerprint density at radius 2 is 1.59 bits per heavy atom. The lowest BCUT2D eigenvalue weighted by atomic mass is 9.72. The van der Waals surface area contributed by atoms with E-state index in [1.54, 1.807) is 0 Å². The second-order valence-electron chi connectivity index (χ2n) is 11.7. The Hall–Kier alpha value is -3.02. The van der Waals surface area contributed by atoms with Crippen molar-refractivity contribution in [2.45, 2.75) is 58.5 Å². The molecule has 1 heterocycles. The number of carbonyl (C=O) groups is 2. The highest BCUT2D eigenvalue weighted by molar-refractivity contribution is 5.98. The smallest absolute Gasteiger partial charge is 0.302 e. The first-order chi connectivity index (χ1) is 18.7. The molecule has 2 aromatic carbocycles. The monoisotopic (exact) mass is 529 g/mol. The molecule has 0 aromatic heterocycles. The van der Waals surface area contributed by atoms with E-state index in [1.807, 2.05) is 66.7 Å². The van der Waals surface area contributed by atoms with Crippen molar-refractivity contribution in [2.24, 2.45) is 17.3 Å². The standard InChI is InChI=1S/C34H43NO4/c1-26(36)39-24-20-28-17-16-27(25-33(28,2)3)32(37)15-10-21-35-22-18-31(19-23-35)34(38,29-11-6-4-7-12-29)30-13-8-5-9-14-30/h4-9,11-14,16-17,25,28,31,38H,10,15,18-24H2,1-3H3. The number of aliphatic hydroxyl groups is 1. The number of ketones is 1. The van der Waals surface area contributed by atoms with Crippen molar-refractivity contribution in [1.82, 2.24) is 4.90 Å². The van der Waals surface area contributed by atoms with Gasteiger partial charge in [0.25, 0.3) is 0 Å². The van der Waals surface area contributed by atoms with Gasteiger partial charge < -0.3 is 14.7 Å². The summed E-state index contributed by atoms with van der Waals surface area (Å²) in [5.41, 5.74) is 1.53. The summed E-state index contributed by atoms with van der Waals surface area (Å²) >= 11 is 0. The Morgan fingerprint density at radius 1 is 1.00 bits per heavy atom. The fourth-order valence-corrected chi connectivity index (χ4v) is 6.20. The third-order valence-electron chi connectivity index (χ3n) is 8.53. The van der Waals surface area contributed by atoms with E-state index in [-0.39, 0.29) is 29.0 Å². The molecule has 1 aliphatic heterocycles. The van der Waals surface area contributed by atoms with Crippen LogP contribution in [0, 0.1) is 17.3 Å². The Balaban J connectivity index is 1.28. The molecule has 4 rings (SSSR count). The van der Waals surface area contributed by atoms with Crippen LogP contribution in [0.5, 0.6) is 0 Å². The maximum Gasteiger partial charge on any atom is 0.302 e. The minimum absolute atomic E-state index is 0.133. The highest BCUT2D eigenvalue weighted by Crippen LogP contribution is 2.42. The molecule has 2 aliphatic rings. The van der Waals surface area contributed by atoms with E-state index in [2.05, 4.69) is 30.9 Å². The van der Waals surface area contributed by atoms with Gasteiger partial charge in [0, 0.05) is 18.9 Å². The van der Waals surface area contributed by atoms with Gasteiger partial charge in [-0.1, -0.05) is 92.7 Å². The molecular weight excluding hydrogens is 486 g/mol. The molecule has 208 valence electrons. The van der Waals surface area contributed by atoms with E-state index in [4.69, 9.17) is 4.74 Å². The van der Waals surface area contributed by atoms with Crippen molar-refractivity contribution < 1.29 is 19.4 Å². The predicted octanol–water partition coefficient (Wildman–Crippen LogP) is 6.08. The van der Waals surface area contributed by atoms with E-state index in [0.29, 0.717) is 13.0 Å². The number of piperidine rings is 1. The van der Waals surface area contributed by atoms with Crippen molar-refractivity contribution in [3.05, 3.63) is 95.6 Å². The van der Waals surface area contributed by atoms with E-state index in [9.17, 15) is 14.7 Å². The van der Waals surface area contributed by atoms with Crippen LogP contribution in [0.25, 0.3) is 0 Å². The summed E-state index contributed by atoms with van der Waals surface area (Å²) in [5, 5.41) is 12.1. The second-order valence-corrected chi connectivity index (χ2v) is 11.7. The van der Waals surface area contributed by atoms with Gasteiger partial charge in [-0.3, -0.25) is 9.59 Å². The quantitative estimate of drug-likeness (QED) is 0.358. The molecule has 5 heteroatoms. The number of esters is 1. The SMILES string of the molecule is CC(=O)OCCC1C=CC(C(=O)CCCN2CCC(C(O)(c3ccccc3)c3ccccc3)CC2)=CC1(C)C. The fraction of sp³-hybridized carbons (Fsp3) is 0.471. The number of hydrogen-bond acceptors (Lipinski definition) is 5. The number of Topliss-reactive ketones (excluding diaryl/α,β-unsaturated/α-hetero) is 1. The number of ether oxygens (including phenoxy) is 1. The van der Waals surface area contributed by atoms with E-state index < -0.39 is 5.60 Å². The normalized spacial score (nSPS) is 19.9. The molecule has 0 spiro atoms. The Labute approximate surface area is 233 Å². The van der Waals surface area contributed by atoms with Crippen LogP contribution in [0.1, 0.15) is 64.0 Å². The molecule has 1 atom stereocenters. The molecule has 1 unspecified atom stereocenters. The Kier molecular flexibility index (Phi) is 9.58. The van der Waals surface area contributed by atoms with Crippen molar-refractivity contribution in [2.75, 3.05) is 26.2 Å². The number of carbonyl (C=O) groups excluding carboxylic acids is 2. The molecule has 2 aromatic rings. The molecule has 5 nitrogen and oxygen atoms in total. The Bertz CT molecular complexity index is 1120. The molecule has 1 N–H and O–H groups in total. The van der Waals surface area contributed by atoms with Gasteiger partial charge in [-0.15, -0.1) is 0 Å². The number of nitrogens with zero attached hydrogens (tertiary/aromatic N) is 1. The maximum atomic E-state index is 13.0. The topological polar surface area (TPSA) is 66.8 Å². The van der Waals surface area contributed by atoms with Crippen LogP contribution in [-0.2, 0) is 19.9 Å². The minimum atomic E-state index is -1.01. The number of hydrogen-bond donors (Lipinski definition) is 1. The first-order valence-electron chi connectivity index (χ1n) is 14.3. The lowest BCUT2D eigenvalue weighted by Gasteiger charge is -2.42. The van der Waals surface area contributed by atoms with Crippen molar-refractivity contribution >= 4 is 11.8 Å². The fourth-order valence-electron chi connectivity index (χ4n) is 6.20. The van der Waals surface area contributed by atoms with Crippen LogP contribution in [0.4, 0.5) is 0 Å². The molecular formula is C34H43NO4. The lowest BCUT2D eigenvalue weighted by Crippen LogP contribution is -2.44. The average molecular weight is 530 g/mol. The summed E-state index contributed by atoms with van der Waals surface area (Å²) in [6.45, 7) is 8.82. The van der Waals surface area contributed by atoms with Crippen LogP contribution in [0.15, 0.2) is 84.5 Å². The summed E-state index contributed by atoms with van der Waals surface area (Å²) in [6, 6.07) is 20.1. The molecule has 1 aliphatic carbocycles. The van der Waals surface area contributed by atoms with E-state index >= 15 is 0 Å². The van der Waals surface area contributed by atoms with Gasteiger partial charge >= 0.3 is 5.97 Å². The summed E-state index contributed by atoms with van der Waals surface area (Å²) in [5.74, 6) is 0.301. The zero-order valence-electron chi connectivity index (χ0n) is 23.6. The van der Waals surface area contributed by atoms with Crippen LogP contribution in [-0.4, -0.2) is 48.0 Å².